The van der Waals surface area contributed by atoms with Gasteiger partial charge >= 0.3 is 0 Å². The summed E-state index contributed by atoms with van der Waals surface area (Å²) in [5.41, 5.74) is 1.65. The molecular formula is C17H24N2O3S. The van der Waals surface area contributed by atoms with Crippen molar-refractivity contribution in [1.82, 2.24) is 4.72 Å². The number of nitrogens with zero attached hydrogens (tertiary/aromatic N) is 1. The number of aryl methyl sites for hydroxylation is 1. The van der Waals surface area contributed by atoms with Crippen LogP contribution < -0.4 is 9.62 Å². The van der Waals surface area contributed by atoms with Crippen LogP contribution in [-0.2, 0) is 14.8 Å². The van der Waals surface area contributed by atoms with Crippen molar-refractivity contribution < 1.29 is 13.2 Å². The lowest BCUT2D eigenvalue weighted by Crippen LogP contribution is -2.36. The molecular weight excluding hydrogens is 312 g/mol. The zero-order valence-electron chi connectivity index (χ0n) is 13.5. The van der Waals surface area contributed by atoms with Crippen molar-refractivity contribution in [3.8, 4) is 0 Å². The Bertz CT molecular complexity index is 694. The third-order valence-corrected chi connectivity index (χ3v) is 6.29. The van der Waals surface area contributed by atoms with Gasteiger partial charge in [0.15, 0.2) is 0 Å². The molecule has 2 fully saturated rings. The Hall–Kier alpha value is -1.40. The van der Waals surface area contributed by atoms with Crippen molar-refractivity contribution in [2.24, 2.45) is 0 Å². The van der Waals surface area contributed by atoms with Gasteiger partial charge in [-0.1, -0.05) is 19.3 Å². The van der Waals surface area contributed by atoms with Gasteiger partial charge in [0.05, 0.1) is 4.90 Å². The van der Waals surface area contributed by atoms with Gasteiger partial charge < -0.3 is 4.90 Å². The summed E-state index contributed by atoms with van der Waals surface area (Å²) in [5.74, 6) is 0.115. The third kappa shape index (κ3) is 3.58. The highest BCUT2D eigenvalue weighted by Gasteiger charge is 2.25. The quantitative estimate of drug-likeness (QED) is 0.919. The molecule has 0 radical (unpaired) electrons. The summed E-state index contributed by atoms with van der Waals surface area (Å²) >= 11 is 0. The molecule has 1 aromatic carbocycles. The predicted octanol–water partition coefficient (Wildman–Crippen LogP) is 2.73. The van der Waals surface area contributed by atoms with Crippen LogP contribution in [0.2, 0.25) is 0 Å². The fraction of sp³-hybridized carbons (Fsp3) is 0.588. The molecule has 5 nitrogen and oxygen atoms in total. The first-order valence-corrected chi connectivity index (χ1v) is 9.89. The van der Waals surface area contributed by atoms with Gasteiger partial charge in [-0.2, -0.15) is 0 Å². The molecule has 0 atom stereocenters. The first-order valence-electron chi connectivity index (χ1n) is 8.41. The lowest BCUT2D eigenvalue weighted by Gasteiger charge is -2.23. The fourth-order valence-electron chi connectivity index (χ4n) is 3.51. The molecule has 2 aliphatic rings. The van der Waals surface area contributed by atoms with E-state index in [-0.39, 0.29) is 16.8 Å². The average molecular weight is 336 g/mol. The Kier molecular flexibility index (Phi) is 4.73. The van der Waals surface area contributed by atoms with Gasteiger partial charge in [0.2, 0.25) is 15.9 Å². The molecule has 1 aliphatic heterocycles. The van der Waals surface area contributed by atoms with Gasteiger partial charge in [-0.25, -0.2) is 13.1 Å². The van der Waals surface area contributed by atoms with Gasteiger partial charge in [0.25, 0.3) is 0 Å². The molecule has 126 valence electrons. The Morgan fingerprint density at radius 1 is 1.13 bits per heavy atom. The summed E-state index contributed by atoms with van der Waals surface area (Å²) in [4.78, 5) is 13.9. The Morgan fingerprint density at radius 2 is 1.87 bits per heavy atom. The second kappa shape index (κ2) is 6.61. The topological polar surface area (TPSA) is 66.5 Å². The number of rotatable bonds is 4. The largest absolute Gasteiger partial charge is 0.312 e. The molecule has 1 saturated carbocycles. The van der Waals surface area contributed by atoms with Crippen molar-refractivity contribution in [2.75, 3.05) is 11.4 Å². The molecule has 1 heterocycles. The summed E-state index contributed by atoms with van der Waals surface area (Å²) in [6, 6.07) is 5.09. The maximum atomic E-state index is 12.6. The molecule has 0 aromatic heterocycles. The Balaban J connectivity index is 1.79. The molecule has 1 amide bonds. The third-order valence-electron chi connectivity index (χ3n) is 4.77. The van der Waals surface area contributed by atoms with Gasteiger partial charge in [0.1, 0.15) is 0 Å². The van der Waals surface area contributed by atoms with Crippen LogP contribution in [0.4, 0.5) is 5.69 Å². The van der Waals surface area contributed by atoms with Crippen molar-refractivity contribution in [3.05, 3.63) is 23.8 Å². The first-order chi connectivity index (χ1) is 11.0. The van der Waals surface area contributed by atoms with E-state index >= 15 is 0 Å². The smallest absolute Gasteiger partial charge is 0.240 e. The van der Waals surface area contributed by atoms with Gasteiger partial charge in [0, 0.05) is 24.7 Å². The van der Waals surface area contributed by atoms with Crippen molar-refractivity contribution >= 4 is 21.6 Å². The minimum Gasteiger partial charge on any atom is -0.312 e. The summed E-state index contributed by atoms with van der Waals surface area (Å²) in [6.45, 7) is 2.58. The number of hydrogen-bond donors (Lipinski definition) is 1. The van der Waals surface area contributed by atoms with Crippen molar-refractivity contribution in [3.63, 3.8) is 0 Å². The monoisotopic (exact) mass is 336 g/mol. The number of anilines is 1. The summed E-state index contributed by atoms with van der Waals surface area (Å²) in [6.07, 6.45) is 6.63. The van der Waals surface area contributed by atoms with Crippen LogP contribution in [0.15, 0.2) is 23.1 Å². The zero-order valence-corrected chi connectivity index (χ0v) is 14.4. The maximum absolute atomic E-state index is 12.6. The lowest BCUT2D eigenvalue weighted by molar-refractivity contribution is -0.117. The second-order valence-corrected chi connectivity index (χ2v) is 8.27. The molecule has 0 spiro atoms. The SMILES string of the molecule is Cc1cc(S(=O)(=O)NC2CCCCC2)ccc1N1CCCC1=O. The van der Waals surface area contributed by atoms with Gasteiger partial charge in [-0.15, -0.1) is 0 Å². The van der Waals surface area contributed by atoms with E-state index in [1.54, 1.807) is 23.1 Å². The van der Waals surface area contributed by atoms with E-state index in [0.29, 0.717) is 13.0 Å². The Labute approximate surface area is 138 Å². The maximum Gasteiger partial charge on any atom is 0.240 e. The number of sulfonamides is 1. The summed E-state index contributed by atoms with van der Waals surface area (Å²) < 4.78 is 27.9. The average Bonchev–Trinajstić information content (AvgIpc) is 2.94. The highest BCUT2D eigenvalue weighted by molar-refractivity contribution is 7.89. The normalized spacial score (nSPS) is 20.2. The second-order valence-electron chi connectivity index (χ2n) is 6.55. The van der Waals surface area contributed by atoms with Gasteiger partial charge in [-0.05, 0) is 49.9 Å². The highest BCUT2D eigenvalue weighted by Crippen LogP contribution is 2.28. The van der Waals surface area contributed by atoms with E-state index < -0.39 is 10.0 Å². The van der Waals surface area contributed by atoms with E-state index in [4.69, 9.17) is 0 Å². The summed E-state index contributed by atoms with van der Waals surface area (Å²) in [5, 5.41) is 0. The van der Waals surface area contributed by atoms with Crippen LogP contribution in [0, 0.1) is 6.92 Å². The molecule has 0 unspecified atom stereocenters. The Morgan fingerprint density at radius 3 is 2.48 bits per heavy atom. The standard InChI is InChI=1S/C17H24N2O3S/c1-13-12-15(9-10-16(13)19-11-5-8-17(19)20)23(21,22)18-14-6-3-2-4-7-14/h9-10,12,14,18H,2-8,11H2,1H3. The molecule has 1 aliphatic carbocycles. The van der Waals surface area contributed by atoms with Crippen LogP contribution in [0.3, 0.4) is 0 Å². The number of carbonyl (C=O) groups is 1. The summed E-state index contributed by atoms with van der Waals surface area (Å²) in [7, 11) is -3.49. The van der Waals surface area contributed by atoms with Crippen LogP contribution >= 0.6 is 0 Å². The number of nitrogens with one attached hydrogen (secondary N) is 1. The van der Waals surface area contributed by atoms with Crippen LogP contribution in [-0.4, -0.2) is 26.9 Å². The zero-order chi connectivity index (χ0) is 16.4. The first kappa shape index (κ1) is 16.5. The van der Waals surface area contributed by atoms with Crippen molar-refractivity contribution in [2.45, 2.75) is 62.8 Å². The highest BCUT2D eigenvalue weighted by atomic mass is 32.2. The van der Waals surface area contributed by atoms with Gasteiger partial charge in [-0.3, -0.25) is 4.79 Å². The number of hydrogen-bond acceptors (Lipinski definition) is 3. The molecule has 23 heavy (non-hydrogen) atoms. The number of carbonyl (C=O) groups excluding carboxylic acids is 1. The number of amides is 1. The van der Waals surface area contributed by atoms with E-state index in [9.17, 15) is 13.2 Å². The molecule has 3 rings (SSSR count). The van der Waals surface area contributed by atoms with E-state index in [1.807, 2.05) is 6.92 Å². The van der Waals surface area contributed by atoms with E-state index in [0.717, 1.165) is 43.4 Å². The molecule has 1 saturated heterocycles. The minimum absolute atomic E-state index is 0.0499. The van der Waals surface area contributed by atoms with Crippen LogP contribution in [0.5, 0.6) is 0 Å². The van der Waals surface area contributed by atoms with E-state index in [1.165, 1.54) is 6.42 Å². The minimum atomic E-state index is -3.49. The molecule has 1 N–H and O–H groups in total. The predicted molar refractivity (Wildman–Crippen MR) is 90.0 cm³/mol. The van der Waals surface area contributed by atoms with Crippen LogP contribution in [0.1, 0.15) is 50.5 Å². The lowest BCUT2D eigenvalue weighted by atomic mass is 9.96. The molecule has 6 heteroatoms. The number of benzene rings is 1. The van der Waals surface area contributed by atoms with E-state index in [2.05, 4.69) is 4.72 Å². The molecule has 0 bridgehead atoms. The molecule has 1 aromatic rings. The van der Waals surface area contributed by atoms with Crippen LogP contribution in [0.25, 0.3) is 0 Å². The fourth-order valence-corrected chi connectivity index (χ4v) is 4.90. The van der Waals surface area contributed by atoms with Crippen molar-refractivity contribution in [1.29, 1.82) is 0 Å².